The van der Waals surface area contributed by atoms with Gasteiger partial charge in [-0.3, -0.25) is 0 Å². The number of nitrogens with zero attached hydrogens (tertiary/aromatic N) is 2. The number of unbranched alkanes of at least 4 members (excludes halogenated alkanes) is 3. The van der Waals surface area contributed by atoms with E-state index in [0.717, 1.165) is 32.2 Å². The molecule has 2 heterocycles. The van der Waals surface area contributed by atoms with Crippen LogP contribution < -0.4 is 4.57 Å². The standard InChI is InChI=1S/C27H23N2/c1-3-4-5-6-7-8-9-10-15-20-29-25-19-14-12-17-23(25)27-22-16-11-13-18-24(22)28(2)21-26(27)29/h1,11-14,16-19,21H,8-10,15,20H2,2H3/q+1. The number of hydrogen-bond acceptors (Lipinski definition) is 0. The smallest absolute Gasteiger partial charge is 0.213 e. The molecule has 0 radical (unpaired) electrons. The predicted octanol–water partition coefficient (Wildman–Crippen LogP) is 4.97. The number of pyridine rings is 1. The maximum absolute atomic E-state index is 5.08. The molecule has 0 fully saturated rings. The first-order valence-electron chi connectivity index (χ1n) is 10.0. The fourth-order valence-electron chi connectivity index (χ4n) is 4.06. The molecule has 2 nitrogen and oxygen atoms in total. The van der Waals surface area contributed by atoms with Crippen LogP contribution in [0.25, 0.3) is 32.7 Å². The number of hydrogen-bond donors (Lipinski definition) is 0. The van der Waals surface area contributed by atoms with Crippen LogP contribution >= 0.6 is 0 Å². The van der Waals surface area contributed by atoms with E-state index in [1.807, 2.05) is 0 Å². The Morgan fingerprint density at radius 3 is 2.52 bits per heavy atom. The maximum Gasteiger partial charge on any atom is 0.213 e. The molecule has 4 aromatic rings. The molecular formula is C27H23N2+. The van der Waals surface area contributed by atoms with Gasteiger partial charge in [-0.05, 0) is 48.7 Å². The Balaban J connectivity index is 1.62. The van der Waals surface area contributed by atoms with Crippen molar-refractivity contribution in [3.8, 4) is 36.0 Å². The quantitative estimate of drug-likeness (QED) is 0.264. The van der Waals surface area contributed by atoms with Crippen LogP contribution in [0.2, 0.25) is 0 Å². The number of terminal acetylenes is 1. The van der Waals surface area contributed by atoms with Gasteiger partial charge in [0.25, 0.3) is 0 Å². The molecule has 0 atom stereocenters. The second-order valence-corrected chi connectivity index (χ2v) is 7.19. The summed E-state index contributed by atoms with van der Waals surface area (Å²) in [4.78, 5) is 0. The molecule has 2 aromatic carbocycles. The van der Waals surface area contributed by atoms with Gasteiger partial charge in [-0.25, -0.2) is 0 Å². The van der Waals surface area contributed by atoms with E-state index in [2.05, 4.69) is 101 Å². The van der Waals surface area contributed by atoms with Gasteiger partial charge in [0.15, 0.2) is 6.20 Å². The summed E-state index contributed by atoms with van der Waals surface area (Å²) in [6, 6.07) is 17.4. The first-order valence-corrected chi connectivity index (χ1v) is 10.0. The number of para-hydroxylation sites is 2. The topological polar surface area (TPSA) is 8.81 Å². The van der Waals surface area contributed by atoms with E-state index in [0.29, 0.717) is 0 Å². The van der Waals surface area contributed by atoms with E-state index >= 15 is 0 Å². The third-order valence-electron chi connectivity index (χ3n) is 5.35. The molecule has 4 rings (SSSR count). The lowest BCUT2D eigenvalue weighted by atomic mass is 10.1. The number of rotatable bonds is 5. The van der Waals surface area contributed by atoms with Crippen LogP contribution in [0.15, 0.2) is 54.7 Å². The van der Waals surface area contributed by atoms with Gasteiger partial charge < -0.3 is 4.57 Å². The second kappa shape index (κ2) is 8.56. The van der Waals surface area contributed by atoms with Gasteiger partial charge in [-0.2, -0.15) is 4.57 Å². The molecule has 0 aliphatic rings. The molecule has 0 N–H and O–H groups in total. The third-order valence-corrected chi connectivity index (χ3v) is 5.35. The van der Waals surface area contributed by atoms with Crippen molar-refractivity contribution in [2.75, 3.05) is 0 Å². The minimum absolute atomic E-state index is 0.867. The molecule has 0 saturated carbocycles. The molecule has 0 bridgehead atoms. The average molecular weight is 375 g/mol. The fourth-order valence-corrected chi connectivity index (χ4v) is 4.06. The van der Waals surface area contributed by atoms with Crippen LogP contribution in [0.4, 0.5) is 0 Å². The van der Waals surface area contributed by atoms with Crippen molar-refractivity contribution in [3.05, 3.63) is 54.7 Å². The van der Waals surface area contributed by atoms with Crippen molar-refractivity contribution in [2.24, 2.45) is 7.05 Å². The maximum atomic E-state index is 5.08. The van der Waals surface area contributed by atoms with Crippen molar-refractivity contribution in [1.82, 2.24) is 4.57 Å². The molecule has 0 saturated heterocycles. The molecule has 0 unspecified atom stereocenters. The van der Waals surface area contributed by atoms with Crippen LogP contribution in [0.1, 0.15) is 25.7 Å². The first kappa shape index (κ1) is 18.7. The largest absolute Gasteiger partial charge is 0.336 e. The number of aryl methyl sites for hydroxylation is 2. The number of benzene rings is 2. The lowest BCUT2D eigenvalue weighted by Crippen LogP contribution is -2.28. The van der Waals surface area contributed by atoms with E-state index in [1.165, 1.54) is 32.7 Å². The van der Waals surface area contributed by atoms with Crippen molar-refractivity contribution >= 4 is 32.7 Å². The Morgan fingerprint density at radius 1 is 0.862 bits per heavy atom. The van der Waals surface area contributed by atoms with Crippen LogP contribution in [0.3, 0.4) is 0 Å². The van der Waals surface area contributed by atoms with Crippen molar-refractivity contribution in [2.45, 2.75) is 32.2 Å². The highest BCUT2D eigenvalue weighted by Gasteiger charge is 2.18. The van der Waals surface area contributed by atoms with E-state index < -0.39 is 0 Å². The molecule has 2 aromatic heterocycles. The normalized spacial score (nSPS) is 10.3. The summed E-state index contributed by atoms with van der Waals surface area (Å²) in [7, 11) is 2.13. The Bertz CT molecular complexity index is 1360. The summed E-state index contributed by atoms with van der Waals surface area (Å²) in [6.45, 7) is 1.01. The summed E-state index contributed by atoms with van der Waals surface area (Å²) < 4.78 is 4.71. The van der Waals surface area contributed by atoms with Crippen molar-refractivity contribution in [1.29, 1.82) is 0 Å². The van der Waals surface area contributed by atoms with Gasteiger partial charge in [0.2, 0.25) is 5.52 Å². The molecule has 0 spiro atoms. The van der Waals surface area contributed by atoms with Crippen molar-refractivity contribution in [3.63, 3.8) is 0 Å². The van der Waals surface area contributed by atoms with Crippen LogP contribution in [0.5, 0.6) is 0 Å². The van der Waals surface area contributed by atoms with Gasteiger partial charge in [0.1, 0.15) is 12.6 Å². The highest BCUT2D eigenvalue weighted by Crippen LogP contribution is 2.33. The average Bonchev–Trinajstić information content (AvgIpc) is 3.06. The third kappa shape index (κ3) is 3.69. The summed E-state index contributed by atoms with van der Waals surface area (Å²) in [5.74, 6) is 13.3. The van der Waals surface area contributed by atoms with E-state index in [1.54, 1.807) is 0 Å². The van der Waals surface area contributed by atoms with Crippen LogP contribution in [-0.4, -0.2) is 4.57 Å². The Morgan fingerprint density at radius 2 is 1.66 bits per heavy atom. The molecule has 0 aliphatic heterocycles. The molecular weight excluding hydrogens is 352 g/mol. The zero-order valence-corrected chi connectivity index (χ0v) is 16.7. The Kier molecular flexibility index (Phi) is 5.52. The summed E-state index contributed by atoms with van der Waals surface area (Å²) in [5, 5.41) is 4.00. The minimum atomic E-state index is 0.867. The summed E-state index contributed by atoms with van der Waals surface area (Å²) in [5.41, 5.74) is 3.87. The molecule has 0 aliphatic carbocycles. The number of fused-ring (bicyclic) bond motifs is 5. The molecule has 2 heteroatoms. The minimum Gasteiger partial charge on any atom is -0.336 e. The van der Waals surface area contributed by atoms with Crippen molar-refractivity contribution < 1.29 is 4.57 Å². The second-order valence-electron chi connectivity index (χ2n) is 7.19. The highest BCUT2D eigenvalue weighted by molar-refractivity contribution is 6.18. The van der Waals surface area contributed by atoms with E-state index in [4.69, 9.17) is 6.42 Å². The van der Waals surface area contributed by atoms with E-state index in [-0.39, 0.29) is 0 Å². The lowest BCUT2D eigenvalue weighted by molar-refractivity contribution is -0.643. The van der Waals surface area contributed by atoms with Gasteiger partial charge in [0.05, 0.1) is 5.39 Å². The molecule has 0 amide bonds. The Hall–Kier alpha value is -3.67. The van der Waals surface area contributed by atoms with Gasteiger partial charge in [0, 0.05) is 35.3 Å². The fraction of sp³-hybridized carbons (Fsp3) is 0.222. The monoisotopic (exact) mass is 375 g/mol. The first-order chi connectivity index (χ1) is 14.3. The van der Waals surface area contributed by atoms with Gasteiger partial charge in [-0.15, -0.1) is 6.42 Å². The van der Waals surface area contributed by atoms with Gasteiger partial charge in [-0.1, -0.05) is 42.7 Å². The zero-order chi connectivity index (χ0) is 20.1. The number of aromatic nitrogens is 2. The Labute approximate surface area is 172 Å². The predicted molar refractivity (Wildman–Crippen MR) is 121 cm³/mol. The SMILES string of the molecule is C#CC#CC#CCCCCCn1c2ccccc2c2c3ccccc3[n+](C)cc21. The summed E-state index contributed by atoms with van der Waals surface area (Å²) in [6.07, 6.45) is 11.6. The zero-order valence-electron chi connectivity index (χ0n) is 16.7. The molecule has 140 valence electrons. The lowest BCUT2D eigenvalue weighted by Gasteiger charge is -2.07. The highest BCUT2D eigenvalue weighted by atomic mass is 15.0. The molecule has 29 heavy (non-hydrogen) atoms. The van der Waals surface area contributed by atoms with E-state index in [9.17, 15) is 0 Å². The van der Waals surface area contributed by atoms with Crippen LogP contribution in [0, 0.1) is 36.0 Å². The van der Waals surface area contributed by atoms with Gasteiger partial charge >= 0.3 is 0 Å². The van der Waals surface area contributed by atoms with Crippen LogP contribution in [-0.2, 0) is 13.6 Å². The summed E-state index contributed by atoms with van der Waals surface area (Å²) >= 11 is 0.